The van der Waals surface area contributed by atoms with E-state index in [9.17, 15) is 14.4 Å². The minimum atomic E-state index is -0.0459. The first-order chi connectivity index (χ1) is 17.1. The number of hydrogen-bond donors (Lipinski definition) is 5. The van der Waals surface area contributed by atoms with Gasteiger partial charge in [-0.1, -0.05) is 6.42 Å². The molecular formula is C23H42N4O6S2. The van der Waals surface area contributed by atoms with Gasteiger partial charge in [-0.15, -0.1) is 0 Å². The molecule has 0 radical (unpaired) electrons. The van der Waals surface area contributed by atoms with E-state index in [1.165, 1.54) is 0 Å². The molecule has 0 aromatic heterocycles. The highest BCUT2D eigenvalue weighted by atomic mass is 32.2. The van der Waals surface area contributed by atoms with Crippen LogP contribution in [0.3, 0.4) is 0 Å². The molecule has 2 rings (SSSR count). The van der Waals surface area contributed by atoms with E-state index < -0.39 is 0 Å². The number of nitrogens with one attached hydrogen (secondary N) is 4. The molecule has 35 heavy (non-hydrogen) atoms. The molecule has 0 aromatic rings. The van der Waals surface area contributed by atoms with Gasteiger partial charge < -0.3 is 35.5 Å². The standard InChI is InChI=1S/C23H42N4O6S2/c28-20(24-8-2-1-5-19-22-18(17-35-19)26-23(30)27-22)6-3-10-31-12-14-33-15-13-32-11-4-9-25-21(29)7-16-34/h18-19,22,34H,1-17H2,(H,24,28)(H,25,29)(H2,26,27,30)/t18-,19-,22?/m0/s1. The van der Waals surface area contributed by atoms with E-state index in [0.717, 1.165) is 31.4 Å². The second-order valence-corrected chi connectivity index (χ2v) is 10.3. The van der Waals surface area contributed by atoms with Crippen molar-refractivity contribution in [2.45, 2.75) is 62.3 Å². The van der Waals surface area contributed by atoms with Crippen LogP contribution in [0, 0.1) is 0 Å². The number of urea groups is 1. The van der Waals surface area contributed by atoms with Gasteiger partial charge in [0.25, 0.3) is 0 Å². The normalized spacial score (nSPS) is 20.8. The molecule has 1 unspecified atom stereocenters. The smallest absolute Gasteiger partial charge is 0.315 e. The molecule has 2 fully saturated rings. The van der Waals surface area contributed by atoms with Crippen molar-refractivity contribution in [1.29, 1.82) is 0 Å². The highest BCUT2D eigenvalue weighted by Crippen LogP contribution is 2.32. The Kier molecular flexibility index (Phi) is 16.3. The highest BCUT2D eigenvalue weighted by Gasteiger charge is 2.42. The Morgan fingerprint density at radius 2 is 1.49 bits per heavy atom. The van der Waals surface area contributed by atoms with Gasteiger partial charge >= 0.3 is 6.03 Å². The first-order valence-corrected chi connectivity index (χ1v) is 14.3. The molecule has 0 saturated carbocycles. The van der Waals surface area contributed by atoms with Gasteiger partial charge in [0.05, 0.1) is 38.5 Å². The summed E-state index contributed by atoms with van der Waals surface area (Å²) in [6.07, 6.45) is 5.41. The van der Waals surface area contributed by atoms with Crippen molar-refractivity contribution in [3.05, 3.63) is 0 Å². The second kappa shape index (κ2) is 19.0. The molecule has 202 valence electrons. The van der Waals surface area contributed by atoms with Crippen LogP contribution in [0.2, 0.25) is 0 Å². The van der Waals surface area contributed by atoms with Crippen LogP contribution >= 0.6 is 24.4 Å². The summed E-state index contributed by atoms with van der Waals surface area (Å²) in [6, 6.07) is 0.474. The highest BCUT2D eigenvalue weighted by molar-refractivity contribution is 8.00. The molecule has 0 aromatic carbocycles. The lowest BCUT2D eigenvalue weighted by molar-refractivity contribution is -0.122. The minimum Gasteiger partial charge on any atom is -0.379 e. The molecule has 12 heteroatoms. The second-order valence-electron chi connectivity index (χ2n) is 8.59. The molecule has 0 spiro atoms. The van der Waals surface area contributed by atoms with Crippen LogP contribution in [0.15, 0.2) is 0 Å². The molecule has 4 amide bonds. The molecule has 0 bridgehead atoms. The zero-order valence-electron chi connectivity index (χ0n) is 20.6. The SMILES string of the molecule is O=C(CCS)NCCCOCCOCCOCCCC(=O)NCCCC[C@@H]1SC[C@@H]2NC(=O)NC21. The van der Waals surface area contributed by atoms with Crippen LogP contribution in [0.4, 0.5) is 4.79 Å². The fourth-order valence-corrected chi connectivity index (χ4v) is 5.65. The lowest BCUT2D eigenvalue weighted by Gasteiger charge is -2.16. The van der Waals surface area contributed by atoms with E-state index in [4.69, 9.17) is 14.2 Å². The molecule has 10 nitrogen and oxygen atoms in total. The summed E-state index contributed by atoms with van der Waals surface area (Å²) in [5.74, 6) is 1.62. The minimum absolute atomic E-state index is 0.0205. The monoisotopic (exact) mass is 534 g/mol. The zero-order chi connectivity index (χ0) is 25.1. The maximum Gasteiger partial charge on any atom is 0.315 e. The van der Waals surface area contributed by atoms with Gasteiger partial charge in [0.2, 0.25) is 11.8 Å². The quantitative estimate of drug-likeness (QED) is 0.0848. The summed E-state index contributed by atoms with van der Waals surface area (Å²) in [5, 5.41) is 12.2. The van der Waals surface area contributed by atoms with Crippen molar-refractivity contribution in [2.75, 3.05) is 64.2 Å². The summed E-state index contributed by atoms with van der Waals surface area (Å²) < 4.78 is 16.4. The molecule has 2 aliphatic heterocycles. The molecule has 2 saturated heterocycles. The van der Waals surface area contributed by atoms with E-state index >= 15 is 0 Å². The predicted octanol–water partition coefficient (Wildman–Crippen LogP) is 1.09. The van der Waals surface area contributed by atoms with Gasteiger partial charge in [-0.3, -0.25) is 9.59 Å². The summed E-state index contributed by atoms with van der Waals surface area (Å²) in [4.78, 5) is 34.6. The van der Waals surface area contributed by atoms with Crippen molar-refractivity contribution in [3.63, 3.8) is 0 Å². The molecule has 3 atom stereocenters. The number of fused-ring (bicyclic) bond motifs is 1. The fraction of sp³-hybridized carbons (Fsp3) is 0.870. The van der Waals surface area contributed by atoms with E-state index in [-0.39, 0.29) is 29.9 Å². The Morgan fingerprint density at radius 3 is 2.20 bits per heavy atom. The van der Waals surface area contributed by atoms with Crippen molar-refractivity contribution in [1.82, 2.24) is 21.3 Å². The van der Waals surface area contributed by atoms with Crippen LogP contribution in [-0.4, -0.2) is 99.4 Å². The number of thiol groups is 1. The van der Waals surface area contributed by atoms with Crippen LogP contribution < -0.4 is 21.3 Å². The fourth-order valence-electron chi connectivity index (χ4n) is 3.90. The first-order valence-electron chi connectivity index (χ1n) is 12.7. The number of ether oxygens (including phenoxy) is 3. The average molecular weight is 535 g/mol. The summed E-state index contributed by atoms with van der Waals surface area (Å²) >= 11 is 5.94. The Labute approximate surface area is 218 Å². The van der Waals surface area contributed by atoms with Gasteiger partial charge in [-0.25, -0.2) is 4.79 Å². The van der Waals surface area contributed by atoms with Gasteiger partial charge in [0, 0.05) is 50.1 Å². The number of carbonyl (C=O) groups excluding carboxylic acids is 3. The molecular weight excluding hydrogens is 492 g/mol. The molecule has 2 heterocycles. The Hall–Kier alpha value is -1.21. The van der Waals surface area contributed by atoms with E-state index in [0.29, 0.717) is 83.0 Å². The van der Waals surface area contributed by atoms with Gasteiger partial charge in [-0.05, 0) is 31.4 Å². The maximum atomic E-state index is 11.9. The molecule has 4 N–H and O–H groups in total. The topological polar surface area (TPSA) is 127 Å². The molecule has 2 aliphatic rings. The molecule has 0 aliphatic carbocycles. The van der Waals surface area contributed by atoms with Crippen LogP contribution in [0.25, 0.3) is 0 Å². The third-order valence-corrected chi connectivity index (χ3v) is 7.47. The Bertz CT molecular complexity index is 631. The number of rotatable bonds is 21. The van der Waals surface area contributed by atoms with E-state index in [1.54, 1.807) is 0 Å². The zero-order valence-corrected chi connectivity index (χ0v) is 22.3. The first kappa shape index (κ1) is 30.0. The van der Waals surface area contributed by atoms with Gasteiger partial charge in [0.1, 0.15) is 0 Å². The largest absolute Gasteiger partial charge is 0.379 e. The number of amides is 4. The van der Waals surface area contributed by atoms with E-state index in [2.05, 4.69) is 33.9 Å². The summed E-state index contributed by atoms with van der Waals surface area (Å²) in [6.45, 7) is 4.43. The van der Waals surface area contributed by atoms with Crippen molar-refractivity contribution >= 4 is 42.2 Å². The number of hydrogen-bond acceptors (Lipinski definition) is 8. The number of unbranched alkanes of at least 4 members (excludes halogenated alkanes) is 1. The third kappa shape index (κ3) is 13.6. The number of thioether (sulfide) groups is 1. The Morgan fingerprint density at radius 1 is 0.857 bits per heavy atom. The van der Waals surface area contributed by atoms with E-state index in [1.807, 2.05) is 11.8 Å². The predicted molar refractivity (Wildman–Crippen MR) is 140 cm³/mol. The van der Waals surface area contributed by atoms with Gasteiger partial charge in [-0.2, -0.15) is 24.4 Å². The van der Waals surface area contributed by atoms with Crippen molar-refractivity contribution < 1.29 is 28.6 Å². The van der Waals surface area contributed by atoms with Crippen LogP contribution in [-0.2, 0) is 23.8 Å². The van der Waals surface area contributed by atoms with Crippen LogP contribution in [0.5, 0.6) is 0 Å². The number of carbonyl (C=O) groups is 3. The average Bonchev–Trinajstić information content (AvgIpc) is 3.38. The third-order valence-electron chi connectivity index (χ3n) is 5.74. The maximum absolute atomic E-state index is 11.9. The summed E-state index contributed by atoms with van der Waals surface area (Å²) in [5.41, 5.74) is 0. The van der Waals surface area contributed by atoms with Crippen LogP contribution in [0.1, 0.15) is 44.9 Å². The van der Waals surface area contributed by atoms with Crippen molar-refractivity contribution in [3.8, 4) is 0 Å². The lowest BCUT2D eigenvalue weighted by atomic mass is 10.0. The Balaban J connectivity index is 1.27. The summed E-state index contributed by atoms with van der Waals surface area (Å²) in [7, 11) is 0. The van der Waals surface area contributed by atoms with Gasteiger partial charge in [0.15, 0.2) is 0 Å². The lowest BCUT2D eigenvalue weighted by Crippen LogP contribution is -2.36. The van der Waals surface area contributed by atoms with Crippen molar-refractivity contribution in [2.24, 2.45) is 0 Å².